The Morgan fingerprint density at radius 2 is 0.850 bits per heavy atom. The predicted molar refractivity (Wildman–Crippen MR) is 219 cm³/mol. The van der Waals surface area contributed by atoms with Gasteiger partial charge in [-0.2, -0.15) is 9.13 Å². The van der Waals surface area contributed by atoms with Crippen LogP contribution in [0.5, 0.6) is 0 Å². The zero-order valence-corrected chi connectivity index (χ0v) is 35.9. The molecule has 6 aromatic rings. The fraction of sp³-hybridized carbons (Fsp3) is 0.310. The van der Waals surface area contributed by atoms with Crippen molar-refractivity contribution in [1.82, 2.24) is 4.98 Å². The van der Waals surface area contributed by atoms with Crippen LogP contribution in [0.15, 0.2) is 85.2 Å². The molecule has 0 amide bonds. The van der Waals surface area contributed by atoms with Crippen molar-refractivity contribution in [2.24, 2.45) is 0 Å². The molecule has 1 N–H and O–H groups in total. The van der Waals surface area contributed by atoms with E-state index in [4.69, 9.17) is 4.98 Å². The number of hydrogen-bond donors (Lipinski definition) is 1. The number of nitrogens with one attached hydrogen (secondary N) is 1. The molecular weight excluding hydrogens is 850 g/mol. The monoisotopic (exact) mass is 898 g/mol. The molecule has 0 spiro atoms. The minimum atomic E-state index is -10.7. The van der Waals surface area contributed by atoms with E-state index in [-0.39, 0.29) is 0 Å². The zero-order valence-electron chi connectivity index (χ0n) is 34.1. The first-order chi connectivity index (χ1) is 27.2. The third kappa shape index (κ3) is 15.8. The van der Waals surface area contributed by atoms with Crippen LogP contribution in [0, 0.1) is 27.7 Å². The van der Waals surface area contributed by atoms with Crippen molar-refractivity contribution >= 4 is 43.2 Å². The average molecular weight is 899 g/mol. The van der Waals surface area contributed by atoms with Crippen molar-refractivity contribution in [3.8, 4) is 0 Å². The molecule has 0 aliphatic heterocycles. The van der Waals surface area contributed by atoms with Crippen LogP contribution in [0.1, 0.15) is 76.5 Å². The summed E-state index contributed by atoms with van der Waals surface area (Å²) in [7, 11) is -21.3. The number of hydrogen-bond acceptors (Lipinski definition) is 2. The van der Waals surface area contributed by atoms with Crippen molar-refractivity contribution in [3.05, 3.63) is 141 Å². The quantitative estimate of drug-likeness (QED) is 0.0844. The topological polar surface area (TPSA) is 32.7 Å². The molecule has 0 aliphatic rings. The van der Waals surface area contributed by atoms with Gasteiger partial charge >= 0.3 is 66.0 Å². The summed E-state index contributed by atoms with van der Waals surface area (Å²) in [6, 6.07) is 26.5. The van der Waals surface area contributed by atoms with Gasteiger partial charge in [0.25, 0.3) is 0 Å². The molecule has 0 atom stereocenters. The van der Waals surface area contributed by atoms with Gasteiger partial charge in [-0.1, -0.05) is 45.0 Å². The summed E-state index contributed by atoms with van der Waals surface area (Å²) < 4.78 is 123. The Morgan fingerprint density at radius 3 is 1.22 bits per heavy atom. The first kappa shape index (κ1) is 48.1. The van der Waals surface area contributed by atoms with Gasteiger partial charge in [-0.05, 0) is 111 Å². The van der Waals surface area contributed by atoms with Crippen LogP contribution in [-0.2, 0) is 38.9 Å². The number of rotatable bonds is 10. The number of benzene rings is 3. The second kappa shape index (κ2) is 16.0. The Bertz CT molecular complexity index is 2360. The standard InChI is InChI=1S/C42H48N4.2F6P/c1-8-34-37(23-43-42-22-28(4)19-31(7)44-42)35(9-2)39(27-46-25-30(6)21-33-16-12-14-18-41(33)46)36(10-3)38(34)26-45-24-29(5)20-32-15-11-13-17-40(32)45;2*1-7(2,3,4,5)6/h11-22,24-25H,8-10,23,26-27H2,1-7H3,(H,43,44);;/q+2;2*-1. The first-order valence-electron chi connectivity index (χ1n) is 19.0. The van der Waals surface area contributed by atoms with Gasteiger partial charge in [0.2, 0.25) is 11.0 Å². The summed E-state index contributed by atoms with van der Waals surface area (Å²) in [4.78, 5) is 4.84. The van der Waals surface area contributed by atoms with Crippen LogP contribution < -0.4 is 14.5 Å². The number of para-hydroxylation sites is 2. The van der Waals surface area contributed by atoms with E-state index in [2.05, 4.69) is 148 Å². The summed E-state index contributed by atoms with van der Waals surface area (Å²) >= 11 is 0. The predicted octanol–water partition coefficient (Wildman–Crippen LogP) is 15.4. The molecule has 60 heavy (non-hydrogen) atoms. The van der Waals surface area contributed by atoms with Gasteiger partial charge < -0.3 is 5.32 Å². The number of fused-ring (bicyclic) bond motifs is 2. The first-order valence-corrected chi connectivity index (χ1v) is 23.0. The summed E-state index contributed by atoms with van der Waals surface area (Å²) in [5.41, 5.74) is 16.2. The van der Waals surface area contributed by atoms with Gasteiger partial charge in [0.15, 0.2) is 25.5 Å². The zero-order chi connectivity index (χ0) is 45.2. The Labute approximate surface area is 340 Å². The fourth-order valence-electron chi connectivity index (χ4n) is 7.62. The number of halogens is 12. The van der Waals surface area contributed by atoms with Gasteiger partial charge in [-0.3, -0.25) is 0 Å². The molecular formula is C42H48F12N4P2. The molecule has 6 rings (SSSR count). The molecule has 3 aromatic heterocycles. The summed E-state index contributed by atoms with van der Waals surface area (Å²) in [5.74, 6) is 0.947. The molecule has 330 valence electrons. The molecule has 0 aliphatic carbocycles. The third-order valence-corrected chi connectivity index (χ3v) is 9.42. The van der Waals surface area contributed by atoms with E-state index in [1.807, 2.05) is 0 Å². The summed E-state index contributed by atoms with van der Waals surface area (Å²) in [6.45, 7) is 18.1. The van der Waals surface area contributed by atoms with Gasteiger partial charge in [0.1, 0.15) is 5.82 Å². The molecule has 0 saturated carbocycles. The minimum absolute atomic E-state index is 0.755. The molecule has 0 bridgehead atoms. The maximum atomic E-state index is 9.87. The molecule has 4 nitrogen and oxygen atoms in total. The van der Waals surface area contributed by atoms with Crippen LogP contribution in [0.25, 0.3) is 21.8 Å². The number of pyridine rings is 3. The molecule has 3 heterocycles. The van der Waals surface area contributed by atoms with Crippen LogP contribution in [0.3, 0.4) is 0 Å². The second-order valence-corrected chi connectivity index (χ2v) is 18.6. The molecule has 18 heteroatoms. The number of nitrogens with zero attached hydrogens (tertiary/aromatic N) is 3. The Hall–Kier alpha value is -4.55. The van der Waals surface area contributed by atoms with Crippen LogP contribution in [0.2, 0.25) is 0 Å². The van der Waals surface area contributed by atoms with Crippen LogP contribution >= 0.6 is 15.6 Å². The van der Waals surface area contributed by atoms with E-state index < -0.39 is 15.6 Å². The van der Waals surface area contributed by atoms with E-state index in [1.165, 1.54) is 71.9 Å². The molecule has 0 fully saturated rings. The third-order valence-electron chi connectivity index (χ3n) is 9.42. The average Bonchev–Trinajstić information content (AvgIpc) is 3.07. The van der Waals surface area contributed by atoms with Gasteiger partial charge in [0, 0.05) is 57.4 Å². The fourth-order valence-corrected chi connectivity index (χ4v) is 7.62. The summed E-state index contributed by atoms with van der Waals surface area (Å²) in [5, 5.41) is 6.34. The molecule has 0 unspecified atom stereocenters. The molecule has 0 saturated heterocycles. The van der Waals surface area contributed by atoms with Crippen molar-refractivity contribution in [2.45, 2.75) is 87.4 Å². The molecule has 3 aromatic carbocycles. The van der Waals surface area contributed by atoms with Gasteiger partial charge in [-0.15, -0.1) is 0 Å². The molecule has 0 radical (unpaired) electrons. The van der Waals surface area contributed by atoms with E-state index >= 15 is 0 Å². The normalized spacial score (nSPS) is 14.2. The Morgan fingerprint density at radius 1 is 0.483 bits per heavy atom. The van der Waals surface area contributed by atoms with E-state index in [9.17, 15) is 50.4 Å². The van der Waals surface area contributed by atoms with Gasteiger partial charge in [-0.25, -0.2) is 4.98 Å². The number of anilines is 1. The Kier molecular flexibility index (Phi) is 12.9. The van der Waals surface area contributed by atoms with E-state index in [0.717, 1.165) is 50.4 Å². The van der Waals surface area contributed by atoms with Crippen molar-refractivity contribution in [3.63, 3.8) is 0 Å². The van der Waals surface area contributed by atoms with Crippen molar-refractivity contribution in [2.75, 3.05) is 5.32 Å². The Balaban J connectivity index is 0.000000488. The number of aromatic nitrogens is 3. The van der Waals surface area contributed by atoms with Gasteiger partial charge in [0.05, 0.1) is 0 Å². The van der Waals surface area contributed by atoms with Crippen LogP contribution in [-0.4, -0.2) is 4.98 Å². The van der Waals surface area contributed by atoms with Crippen molar-refractivity contribution in [1.29, 1.82) is 0 Å². The number of aryl methyl sites for hydroxylation is 4. The van der Waals surface area contributed by atoms with Crippen LogP contribution in [0.4, 0.5) is 56.2 Å². The maximum absolute atomic E-state index is 10.7. The SMILES string of the molecule is CCc1c(CNc2cc(C)cc(C)n2)c(CC)c(C[n+]2cc(C)cc3ccccc32)c(CC)c1C[n+]1cc(C)cc2ccccc21.F[P-](F)(F)(F)(F)F.F[P-](F)(F)(F)(F)F. The van der Waals surface area contributed by atoms with Crippen molar-refractivity contribution < 1.29 is 59.5 Å². The van der Waals surface area contributed by atoms with E-state index in [1.54, 1.807) is 0 Å². The van der Waals surface area contributed by atoms with E-state index in [0.29, 0.717) is 0 Å². The summed E-state index contributed by atoms with van der Waals surface area (Å²) in [6.07, 6.45) is 7.62. The second-order valence-electron chi connectivity index (χ2n) is 14.8.